The molecule has 1 aliphatic rings. The normalized spacial score (nSPS) is 19.0. The molecule has 0 unspecified atom stereocenters. The van der Waals surface area contributed by atoms with Crippen LogP contribution in [0.25, 0.3) is 0 Å². The number of amides is 1. The number of carbonyl (C=O) groups excluding carboxylic acids is 2. The van der Waals surface area contributed by atoms with Gasteiger partial charge in [-0.05, 0) is 26.1 Å². The second kappa shape index (κ2) is 8.06. The van der Waals surface area contributed by atoms with Gasteiger partial charge in [0.05, 0.1) is 12.9 Å². The molecule has 2 rings (SSSR count). The second-order valence-electron chi connectivity index (χ2n) is 5.80. The predicted molar refractivity (Wildman–Crippen MR) is 83.8 cm³/mol. The van der Waals surface area contributed by atoms with Gasteiger partial charge in [0.15, 0.2) is 5.76 Å². The Bertz CT molecular complexity index is 615. The summed E-state index contributed by atoms with van der Waals surface area (Å²) in [5.41, 5.74) is -1.29. The van der Waals surface area contributed by atoms with Crippen molar-refractivity contribution in [3.05, 3.63) is 24.2 Å². The summed E-state index contributed by atoms with van der Waals surface area (Å²) in [6.45, 7) is 2.54. The quantitative estimate of drug-likeness (QED) is 0.553. The van der Waals surface area contributed by atoms with Gasteiger partial charge in [-0.1, -0.05) is 0 Å². The summed E-state index contributed by atoms with van der Waals surface area (Å²) in [7, 11) is 1.83. The van der Waals surface area contributed by atoms with Crippen LogP contribution in [0.4, 0.5) is 13.2 Å². The molecular weight excluding hydrogens is 357 g/mol. The Labute approximate surface area is 148 Å². The lowest BCUT2D eigenvalue weighted by Crippen LogP contribution is -2.76. The third-order valence-corrected chi connectivity index (χ3v) is 3.88. The minimum Gasteiger partial charge on any atom is -0.463 e. The first kappa shape index (κ1) is 20.2. The zero-order valence-corrected chi connectivity index (χ0v) is 14.4. The van der Waals surface area contributed by atoms with E-state index < -0.39 is 23.7 Å². The number of alkyl halides is 3. The average Bonchev–Trinajstić information content (AvgIpc) is 3.10. The van der Waals surface area contributed by atoms with Gasteiger partial charge >= 0.3 is 17.8 Å². The molecule has 0 bridgehead atoms. The van der Waals surface area contributed by atoms with E-state index in [0.29, 0.717) is 13.1 Å². The first-order chi connectivity index (χ1) is 12.2. The van der Waals surface area contributed by atoms with Crippen LogP contribution in [0.3, 0.4) is 0 Å². The van der Waals surface area contributed by atoms with Crippen LogP contribution in [0.15, 0.2) is 22.8 Å². The number of ether oxygens (including phenoxy) is 1. The van der Waals surface area contributed by atoms with Gasteiger partial charge in [-0.2, -0.15) is 13.2 Å². The van der Waals surface area contributed by atoms with E-state index in [4.69, 9.17) is 4.42 Å². The van der Waals surface area contributed by atoms with Crippen LogP contribution in [0.2, 0.25) is 0 Å². The van der Waals surface area contributed by atoms with Gasteiger partial charge in [-0.3, -0.25) is 4.79 Å². The van der Waals surface area contributed by atoms with Gasteiger partial charge < -0.3 is 19.4 Å². The predicted octanol–water partition coefficient (Wildman–Crippen LogP) is 0.583. The first-order valence-electron chi connectivity index (χ1n) is 8.01. The topological polar surface area (TPSA) is 87.0 Å². The van der Waals surface area contributed by atoms with Gasteiger partial charge in [0, 0.05) is 26.2 Å². The van der Waals surface area contributed by atoms with Crippen LogP contribution in [-0.4, -0.2) is 73.5 Å². The lowest BCUT2D eigenvalue weighted by Gasteiger charge is -2.41. The fourth-order valence-electron chi connectivity index (χ4n) is 2.41. The van der Waals surface area contributed by atoms with Crippen LogP contribution in [-0.2, 0) is 9.53 Å². The number of piperazine rings is 1. The lowest BCUT2D eigenvalue weighted by atomic mass is 10.1. The summed E-state index contributed by atoms with van der Waals surface area (Å²) in [6, 6.07) is 2.54. The largest absolute Gasteiger partial charge is 0.463 e. The number of rotatable bonds is 6. The number of nitrogens with one attached hydrogen (secondary N) is 2. The maximum atomic E-state index is 13.9. The molecule has 0 saturated carbocycles. The number of esters is 1. The smallest absolute Gasteiger partial charge is 0.437 e. The molecule has 0 aromatic carbocycles. The van der Waals surface area contributed by atoms with Crippen molar-refractivity contribution in [3.8, 4) is 0 Å². The maximum Gasteiger partial charge on any atom is 0.437 e. The molecule has 2 heterocycles. The van der Waals surface area contributed by atoms with Crippen molar-refractivity contribution in [2.24, 2.45) is 0 Å². The summed E-state index contributed by atoms with van der Waals surface area (Å²) in [6.07, 6.45) is -4.02. The van der Waals surface area contributed by atoms with E-state index in [0.717, 1.165) is 6.26 Å². The summed E-state index contributed by atoms with van der Waals surface area (Å²) in [5, 5.41) is 2.96. The number of likely N-dealkylation sites (N-methyl/N-ethyl adjacent to an activating group) is 1. The van der Waals surface area contributed by atoms with Crippen LogP contribution in [0.1, 0.15) is 17.5 Å². The Morgan fingerprint density at radius 1 is 1.27 bits per heavy atom. The number of nitrogens with zero attached hydrogens (tertiary/aromatic N) is 2. The van der Waals surface area contributed by atoms with Crippen LogP contribution in [0.5, 0.6) is 0 Å². The molecule has 1 saturated heterocycles. The van der Waals surface area contributed by atoms with Crippen LogP contribution >= 0.6 is 0 Å². The fraction of sp³-hybridized carbons (Fsp3) is 0.600. The molecule has 8 nitrogen and oxygen atoms in total. The molecule has 26 heavy (non-hydrogen) atoms. The lowest BCUT2D eigenvalue weighted by molar-refractivity contribution is -0.231. The summed E-state index contributed by atoms with van der Waals surface area (Å²) >= 11 is 0. The molecule has 1 aromatic rings. The number of hydrazine groups is 1. The minimum absolute atomic E-state index is 0.227. The van der Waals surface area contributed by atoms with Gasteiger partial charge in [0.1, 0.15) is 0 Å². The minimum atomic E-state index is -5.16. The van der Waals surface area contributed by atoms with E-state index in [9.17, 15) is 22.8 Å². The molecule has 0 aliphatic carbocycles. The first-order valence-corrected chi connectivity index (χ1v) is 8.01. The van der Waals surface area contributed by atoms with E-state index >= 15 is 0 Å². The number of hydrogen-bond donors (Lipinski definition) is 2. The Hall–Kier alpha value is -2.11. The highest BCUT2D eigenvalue weighted by Gasteiger charge is 2.64. The number of halogens is 3. The maximum absolute atomic E-state index is 13.9. The molecule has 2 N–H and O–H groups in total. The van der Waals surface area contributed by atoms with E-state index in [1.807, 2.05) is 11.9 Å². The van der Waals surface area contributed by atoms with Crippen molar-refractivity contribution < 1.29 is 31.9 Å². The zero-order valence-electron chi connectivity index (χ0n) is 14.4. The van der Waals surface area contributed by atoms with Crippen molar-refractivity contribution in [3.63, 3.8) is 0 Å². The van der Waals surface area contributed by atoms with Gasteiger partial charge in [0.2, 0.25) is 0 Å². The molecule has 0 spiro atoms. The molecule has 1 aliphatic heterocycles. The monoisotopic (exact) mass is 378 g/mol. The van der Waals surface area contributed by atoms with Crippen molar-refractivity contribution >= 4 is 11.9 Å². The second-order valence-corrected chi connectivity index (χ2v) is 5.80. The van der Waals surface area contributed by atoms with Crippen LogP contribution < -0.4 is 10.7 Å². The molecular formula is C15H21F3N4O4. The Kier molecular flexibility index (Phi) is 6.26. The van der Waals surface area contributed by atoms with Crippen molar-refractivity contribution in [2.75, 3.05) is 39.8 Å². The Balaban J connectivity index is 2.33. The molecule has 1 amide bonds. The molecule has 1 fully saturated rings. The highest BCUT2D eigenvalue weighted by molar-refractivity contribution is 5.96. The third kappa shape index (κ3) is 4.34. The van der Waals surface area contributed by atoms with E-state index in [1.54, 1.807) is 5.32 Å². The highest BCUT2D eigenvalue weighted by atomic mass is 19.4. The van der Waals surface area contributed by atoms with Gasteiger partial charge in [-0.25, -0.2) is 15.2 Å². The number of carbonyl (C=O) groups is 2. The van der Waals surface area contributed by atoms with E-state index in [1.165, 1.54) is 24.1 Å². The van der Waals surface area contributed by atoms with Crippen molar-refractivity contribution in [2.45, 2.75) is 18.8 Å². The fourth-order valence-corrected chi connectivity index (χ4v) is 2.41. The van der Waals surface area contributed by atoms with Crippen molar-refractivity contribution in [1.29, 1.82) is 0 Å². The average molecular weight is 378 g/mol. The van der Waals surface area contributed by atoms with Gasteiger partial charge in [-0.15, -0.1) is 0 Å². The summed E-state index contributed by atoms with van der Waals surface area (Å²) in [4.78, 5) is 26.4. The molecule has 1 atom stereocenters. The molecule has 146 valence electrons. The SMILES string of the molecule is CCOC(=O)[C@@](NC(=O)c1ccco1)(NN1CCN(C)CC1)C(F)(F)F. The third-order valence-electron chi connectivity index (χ3n) is 3.88. The molecule has 1 aromatic heterocycles. The molecule has 0 radical (unpaired) electrons. The number of hydrogen-bond acceptors (Lipinski definition) is 7. The van der Waals surface area contributed by atoms with Gasteiger partial charge in [0.25, 0.3) is 5.91 Å². The highest BCUT2D eigenvalue weighted by Crippen LogP contribution is 2.31. The van der Waals surface area contributed by atoms with Crippen molar-refractivity contribution in [1.82, 2.24) is 20.7 Å². The standard InChI is InChI=1S/C15H21F3N4O4/c1-3-25-13(24)14(15(16,17)18,19-12(23)11-5-4-10-26-11)20-22-8-6-21(2)7-9-22/h4-5,10,20H,3,6-9H2,1-2H3,(H,19,23)/t14-/m1/s1. The zero-order chi connectivity index (χ0) is 19.4. The molecule has 11 heteroatoms. The van der Waals surface area contributed by atoms with E-state index in [-0.39, 0.29) is 25.5 Å². The summed E-state index contributed by atoms with van der Waals surface area (Å²) < 4.78 is 51.2. The summed E-state index contributed by atoms with van der Waals surface area (Å²) in [5.74, 6) is -3.20. The Morgan fingerprint density at radius 2 is 1.92 bits per heavy atom. The Morgan fingerprint density at radius 3 is 2.42 bits per heavy atom. The number of furan rings is 1. The van der Waals surface area contributed by atoms with Crippen LogP contribution in [0, 0.1) is 0 Å². The van der Waals surface area contributed by atoms with E-state index in [2.05, 4.69) is 10.2 Å².